The Morgan fingerprint density at radius 1 is 1.16 bits per heavy atom. The second kappa shape index (κ2) is 6.48. The van der Waals surface area contributed by atoms with E-state index in [9.17, 15) is 5.11 Å². The summed E-state index contributed by atoms with van der Waals surface area (Å²) < 4.78 is 8.27. The number of aromatic nitrogens is 2. The smallest absolute Gasteiger partial charge is 0.139 e. The molecule has 0 saturated carbocycles. The largest absolute Gasteiger partial charge is 0.508 e. The average Bonchev–Trinajstić information content (AvgIpc) is 3.06. The molecular formula is C21H20N2O2. The van der Waals surface area contributed by atoms with Crippen molar-refractivity contribution >= 4 is 11.6 Å². The number of hydrogen-bond donors (Lipinski definition) is 1. The van der Waals surface area contributed by atoms with Gasteiger partial charge < -0.3 is 14.4 Å². The zero-order valence-electron chi connectivity index (χ0n) is 14.1. The number of rotatable bonds is 4. The minimum Gasteiger partial charge on any atom is -0.508 e. The molecule has 0 aliphatic carbocycles. The van der Waals surface area contributed by atoms with E-state index in [2.05, 4.69) is 35.3 Å². The van der Waals surface area contributed by atoms with Crippen molar-refractivity contribution in [1.82, 2.24) is 9.55 Å². The van der Waals surface area contributed by atoms with Crippen molar-refractivity contribution in [2.75, 3.05) is 0 Å². The summed E-state index contributed by atoms with van der Waals surface area (Å²) in [5, 5.41) is 9.77. The molecule has 4 nitrogen and oxygen atoms in total. The number of phenolic OH excluding ortho intramolecular Hbond substituents is 1. The van der Waals surface area contributed by atoms with E-state index in [1.165, 1.54) is 5.56 Å². The fourth-order valence-corrected chi connectivity index (χ4v) is 3.24. The number of imidazole rings is 1. The number of aromatic hydroxyl groups is 1. The van der Waals surface area contributed by atoms with E-state index >= 15 is 0 Å². The van der Waals surface area contributed by atoms with Crippen LogP contribution >= 0.6 is 0 Å². The summed E-state index contributed by atoms with van der Waals surface area (Å²) in [5.41, 5.74) is 3.22. The van der Waals surface area contributed by atoms with Gasteiger partial charge in [-0.05, 0) is 42.7 Å². The van der Waals surface area contributed by atoms with E-state index in [0.29, 0.717) is 0 Å². The predicted molar refractivity (Wildman–Crippen MR) is 98.4 cm³/mol. The van der Waals surface area contributed by atoms with Gasteiger partial charge >= 0.3 is 0 Å². The number of fused-ring (bicyclic) bond motifs is 1. The molecule has 1 aliphatic heterocycles. The number of benzene rings is 2. The van der Waals surface area contributed by atoms with Gasteiger partial charge in [0.2, 0.25) is 0 Å². The van der Waals surface area contributed by atoms with Gasteiger partial charge in [0.1, 0.15) is 23.4 Å². The molecule has 0 bridgehead atoms. The van der Waals surface area contributed by atoms with Crippen molar-refractivity contribution in [2.45, 2.75) is 18.9 Å². The van der Waals surface area contributed by atoms with Crippen molar-refractivity contribution < 1.29 is 9.84 Å². The molecule has 0 fully saturated rings. The van der Waals surface area contributed by atoms with Gasteiger partial charge in [0.05, 0.1) is 0 Å². The highest BCUT2D eigenvalue weighted by Crippen LogP contribution is 2.37. The molecule has 0 amide bonds. The Bertz CT molecular complexity index is 913. The van der Waals surface area contributed by atoms with Crippen LogP contribution in [0.15, 0.2) is 60.9 Å². The molecule has 0 saturated heterocycles. The molecule has 25 heavy (non-hydrogen) atoms. The van der Waals surface area contributed by atoms with Crippen LogP contribution in [-0.4, -0.2) is 20.8 Å². The monoisotopic (exact) mass is 332 g/mol. The molecule has 3 aromatic rings. The van der Waals surface area contributed by atoms with Crippen LogP contribution in [0.1, 0.15) is 23.4 Å². The Balaban J connectivity index is 1.67. The third-order valence-electron chi connectivity index (χ3n) is 4.54. The van der Waals surface area contributed by atoms with Gasteiger partial charge in [-0.2, -0.15) is 0 Å². The minimum atomic E-state index is -0.0710. The maximum Gasteiger partial charge on any atom is 0.139 e. The van der Waals surface area contributed by atoms with Crippen LogP contribution < -0.4 is 4.74 Å². The van der Waals surface area contributed by atoms with E-state index in [0.717, 1.165) is 35.6 Å². The van der Waals surface area contributed by atoms with Crippen LogP contribution in [0.4, 0.5) is 0 Å². The Morgan fingerprint density at radius 2 is 2.00 bits per heavy atom. The first-order valence-corrected chi connectivity index (χ1v) is 8.43. The summed E-state index contributed by atoms with van der Waals surface area (Å²) in [6, 6.07) is 15.6. The SMILES string of the molecule is Cn1ccnc1C1=Cc2cc(O)ccc2OC1CCc1ccccc1. The molecule has 2 heterocycles. The molecule has 1 atom stereocenters. The first-order valence-electron chi connectivity index (χ1n) is 8.43. The van der Waals surface area contributed by atoms with Crippen LogP contribution in [0, 0.1) is 0 Å². The molecule has 4 heteroatoms. The van der Waals surface area contributed by atoms with Gasteiger partial charge in [-0.1, -0.05) is 30.3 Å². The second-order valence-corrected chi connectivity index (χ2v) is 6.31. The van der Waals surface area contributed by atoms with Gasteiger partial charge in [-0.15, -0.1) is 0 Å². The van der Waals surface area contributed by atoms with Gasteiger partial charge in [0.15, 0.2) is 0 Å². The van der Waals surface area contributed by atoms with E-state index in [1.807, 2.05) is 29.9 Å². The number of ether oxygens (including phenoxy) is 1. The fraction of sp³-hybridized carbons (Fsp3) is 0.190. The van der Waals surface area contributed by atoms with E-state index in [4.69, 9.17) is 4.74 Å². The lowest BCUT2D eigenvalue weighted by molar-refractivity contribution is 0.243. The lowest BCUT2D eigenvalue weighted by Gasteiger charge is -2.27. The Hall–Kier alpha value is -3.01. The summed E-state index contributed by atoms with van der Waals surface area (Å²) in [4.78, 5) is 4.49. The normalized spacial score (nSPS) is 16.0. The topological polar surface area (TPSA) is 47.3 Å². The maximum absolute atomic E-state index is 9.77. The number of hydrogen-bond acceptors (Lipinski definition) is 3. The molecule has 126 valence electrons. The van der Waals surface area contributed by atoms with Crippen LogP contribution in [0.5, 0.6) is 11.5 Å². The van der Waals surface area contributed by atoms with Crippen molar-refractivity contribution in [3.05, 3.63) is 77.9 Å². The lowest BCUT2D eigenvalue weighted by atomic mass is 9.96. The Labute approximate surface area is 147 Å². The quantitative estimate of drug-likeness (QED) is 0.784. The lowest BCUT2D eigenvalue weighted by Crippen LogP contribution is -2.24. The van der Waals surface area contributed by atoms with Gasteiger partial charge in [0.25, 0.3) is 0 Å². The average molecular weight is 332 g/mol. The number of nitrogens with zero attached hydrogens (tertiary/aromatic N) is 2. The zero-order valence-corrected chi connectivity index (χ0v) is 14.1. The summed E-state index contributed by atoms with van der Waals surface area (Å²) >= 11 is 0. The highest BCUT2D eigenvalue weighted by atomic mass is 16.5. The van der Waals surface area contributed by atoms with Crippen LogP contribution in [-0.2, 0) is 13.5 Å². The Kier molecular flexibility index (Phi) is 4.02. The molecule has 1 unspecified atom stereocenters. The van der Waals surface area contributed by atoms with Crippen molar-refractivity contribution in [3.63, 3.8) is 0 Å². The molecular weight excluding hydrogens is 312 g/mol. The maximum atomic E-state index is 9.77. The van der Waals surface area contributed by atoms with Crippen molar-refractivity contribution in [3.8, 4) is 11.5 Å². The predicted octanol–water partition coefficient (Wildman–Crippen LogP) is 4.06. The van der Waals surface area contributed by atoms with E-state index in [-0.39, 0.29) is 11.9 Å². The zero-order chi connectivity index (χ0) is 17.2. The fourth-order valence-electron chi connectivity index (χ4n) is 3.24. The molecule has 1 aliphatic rings. The molecule has 2 aromatic carbocycles. The summed E-state index contributed by atoms with van der Waals surface area (Å²) in [6.07, 6.45) is 7.53. The standard InChI is InChI=1S/C21H20N2O2/c1-23-12-11-22-21(23)18-14-16-13-17(24)8-10-19(16)25-20(18)9-7-15-5-3-2-4-6-15/h2-6,8,10-14,20,24H,7,9H2,1H3. The van der Waals surface area contributed by atoms with Gasteiger partial charge in [-0.3, -0.25) is 0 Å². The molecule has 1 aromatic heterocycles. The summed E-state index contributed by atoms with van der Waals surface area (Å²) in [5.74, 6) is 1.93. The third-order valence-corrected chi connectivity index (χ3v) is 4.54. The minimum absolute atomic E-state index is 0.0710. The number of aryl methyl sites for hydroxylation is 2. The van der Waals surface area contributed by atoms with Crippen LogP contribution in [0.2, 0.25) is 0 Å². The van der Waals surface area contributed by atoms with Gasteiger partial charge in [0, 0.05) is 30.6 Å². The van der Waals surface area contributed by atoms with Crippen LogP contribution in [0.3, 0.4) is 0 Å². The van der Waals surface area contributed by atoms with Crippen molar-refractivity contribution in [1.29, 1.82) is 0 Å². The highest BCUT2D eigenvalue weighted by molar-refractivity contribution is 5.85. The van der Waals surface area contributed by atoms with E-state index < -0.39 is 0 Å². The summed E-state index contributed by atoms with van der Waals surface area (Å²) in [7, 11) is 1.98. The van der Waals surface area contributed by atoms with Crippen molar-refractivity contribution in [2.24, 2.45) is 7.05 Å². The molecule has 4 rings (SSSR count). The summed E-state index contributed by atoms with van der Waals surface area (Å²) in [6.45, 7) is 0. The molecule has 0 radical (unpaired) electrons. The number of phenols is 1. The molecule has 1 N–H and O–H groups in total. The molecule has 0 spiro atoms. The first kappa shape index (κ1) is 15.5. The Morgan fingerprint density at radius 3 is 2.76 bits per heavy atom. The second-order valence-electron chi connectivity index (χ2n) is 6.31. The first-order chi connectivity index (χ1) is 12.2. The third kappa shape index (κ3) is 3.15. The van der Waals surface area contributed by atoms with E-state index in [1.54, 1.807) is 18.3 Å². The van der Waals surface area contributed by atoms with Gasteiger partial charge in [-0.25, -0.2) is 4.98 Å². The van der Waals surface area contributed by atoms with Crippen LogP contribution in [0.25, 0.3) is 11.6 Å². The highest BCUT2D eigenvalue weighted by Gasteiger charge is 2.26.